The normalized spacial score (nSPS) is 12.1. The zero-order valence-corrected chi connectivity index (χ0v) is 10.1. The van der Waals surface area contributed by atoms with E-state index in [1.807, 2.05) is 0 Å². The fourth-order valence-corrected chi connectivity index (χ4v) is 2.27. The summed E-state index contributed by atoms with van der Waals surface area (Å²) in [6.07, 6.45) is -3.45. The summed E-state index contributed by atoms with van der Waals surface area (Å²) in [5.41, 5.74) is 0.261. The molecule has 0 nitrogen and oxygen atoms in total. The summed E-state index contributed by atoms with van der Waals surface area (Å²) < 4.78 is 37.1. The van der Waals surface area contributed by atoms with Crippen LogP contribution < -0.4 is 0 Å². The first kappa shape index (κ1) is 12.3. The van der Waals surface area contributed by atoms with Gasteiger partial charge in [-0.15, -0.1) is 0 Å². The van der Waals surface area contributed by atoms with Crippen molar-refractivity contribution in [2.24, 2.45) is 0 Å². The Kier molecular flexibility index (Phi) is 3.96. The zero-order chi connectivity index (χ0) is 11.5. The van der Waals surface area contributed by atoms with E-state index in [0.29, 0.717) is 0 Å². The van der Waals surface area contributed by atoms with E-state index in [-0.39, 0.29) is 0 Å². The number of halogens is 3. The van der Waals surface area contributed by atoms with Gasteiger partial charge in [0.25, 0.3) is 0 Å². The van der Waals surface area contributed by atoms with E-state index in [2.05, 4.69) is 13.1 Å². The van der Waals surface area contributed by atoms with Crippen LogP contribution in [0.5, 0.6) is 0 Å². The fourth-order valence-electron chi connectivity index (χ4n) is 1.36. The molecular formula is C11H15F3Si. The molecule has 0 saturated carbocycles. The molecule has 0 spiro atoms. The molecule has 0 heterocycles. The summed E-state index contributed by atoms with van der Waals surface area (Å²) in [6, 6.07) is 6.69. The van der Waals surface area contributed by atoms with Crippen LogP contribution in [-0.4, -0.2) is 8.80 Å². The second-order valence-electron chi connectivity index (χ2n) is 4.13. The summed E-state index contributed by atoms with van der Waals surface area (Å²) in [7, 11) is -0.679. The Balaban J connectivity index is 2.75. The molecule has 0 fully saturated rings. The SMILES string of the molecule is C[SiH](C)CCc1cccc(C(F)(F)F)c1. The van der Waals surface area contributed by atoms with Crippen LogP contribution in [-0.2, 0) is 12.6 Å². The molecular weight excluding hydrogens is 217 g/mol. The van der Waals surface area contributed by atoms with Gasteiger partial charge in [-0.25, -0.2) is 0 Å². The van der Waals surface area contributed by atoms with Crippen molar-refractivity contribution >= 4 is 8.80 Å². The van der Waals surface area contributed by atoms with E-state index < -0.39 is 20.5 Å². The van der Waals surface area contributed by atoms with Crippen molar-refractivity contribution in [3.8, 4) is 0 Å². The molecule has 1 aromatic rings. The van der Waals surface area contributed by atoms with Crippen LogP contribution in [0.3, 0.4) is 0 Å². The standard InChI is InChI=1S/C11H15F3Si/c1-15(2)7-6-9-4-3-5-10(8-9)11(12,13)14/h3-5,8,15H,6-7H2,1-2H3. The Morgan fingerprint density at radius 2 is 1.87 bits per heavy atom. The largest absolute Gasteiger partial charge is 0.416 e. The number of benzene rings is 1. The lowest BCUT2D eigenvalue weighted by atomic mass is 10.1. The molecule has 1 rings (SSSR count). The zero-order valence-electron chi connectivity index (χ0n) is 8.93. The molecule has 0 aliphatic heterocycles. The predicted molar refractivity (Wildman–Crippen MR) is 58.8 cm³/mol. The van der Waals surface area contributed by atoms with Crippen LogP contribution in [0, 0.1) is 0 Å². The molecule has 0 saturated heterocycles. The third-order valence-electron chi connectivity index (χ3n) is 2.26. The second-order valence-corrected chi connectivity index (χ2v) is 7.50. The molecule has 1 aromatic carbocycles. The second kappa shape index (κ2) is 4.83. The van der Waals surface area contributed by atoms with Gasteiger partial charge >= 0.3 is 6.18 Å². The molecule has 0 unspecified atom stereocenters. The Labute approximate surface area is 89.7 Å². The van der Waals surface area contributed by atoms with Gasteiger partial charge in [0, 0.05) is 8.80 Å². The molecule has 0 aliphatic rings. The molecule has 0 bridgehead atoms. The molecule has 84 valence electrons. The highest BCUT2D eigenvalue weighted by molar-refractivity contribution is 6.55. The highest BCUT2D eigenvalue weighted by Crippen LogP contribution is 2.29. The van der Waals surface area contributed by atoms with Gasteiger partial charge in [0.1, 0.15) is 0 Å². The predicted octanol–water partition coefficient (Wildman–Crippen LogP) is 3.73. The van der Waals surface area contributed by atoms with E-state index >= 15 is 0 Å². The summed E-state index contributed by atoms with van der Waals surface area (Å²) >= 11 is 0. The van der Waals surface area contributed by atoms with Crippen LogP contribution >= 0.6 is 0 Å². The summed E-state index contributed by atoms with van der Waals surface area (Å²) in [5, 5.41) is 0. The Morgan fingerprint density at radius 3 is 2.40 bits per heavy atom. The molecule has 0 radical (unpaired) electrons. The molecule has 0 N–H and O–H groups in total. The number of hydrogen-bond acceptors (Lipinski definition) is 0. The smallest absolute Gasteiger partial charge is 0.166 e. The molecule has 0 amide bonds. The van der Waals surface area contributed by atoms with E-state index in [1.54, 1.807) is 6.07 Å². The third kappa shape index (κ3) is 4.07. The summed E-state index contributed by atoms with van der Waals surface area (Å²) in [4.78, 5) is 0. The van der Waals surface area contributed by atoms with Crippen molar-refractivity contribution in [3.05, 3.63) is 35.4 Å². The maximum absolute atomic E-state index is 12.4. The van der Waals surface area contributed by atoms with E-state index in [4.69, 9.17) is 0 Å². The Bertz CT molecular complexity index is 318. The van der Waals surface area contributed by atoms with Gasteiger partial charge < -0.3 is 0 Å². The number of aryl methyl sites for hydroxylation is 1. The van der Waals surface area contributed by atoms with Crippen molar-refractivity contribution in [1.82, 2.24) is 0 Å². The van der Waals surface area contributed by atoms with Crippen LogP contribution in [0.4, 0.5) is 13.2 Å². The minimum Gasteiger partial charge on any atom is -0.166 e. The van der Waals surface area contributed by atoms with Crippen molar-refractivity contribution < 1.29 is 13.2 Å². The lowest BCUT2D eigenvalue weighted by molar-refractivity contribution is -0.137. The van der Waals surface area contributed by atoms with Gasteiger partial charge in [0.15, 0.2) is 0 Å². The number of rotatable bonds is 3. The van der Waals surface area contributed by atoms with Crippen molar-refractivity contribution in [3.63, 3.8) is 0 Å². The van der Waals surface area contributed by atoms with Gasteiger partial charge in [-0.3, -0.25) is 0 Å². The van der Waals surface area contributed by atoms with E-state index in [1.165, 1.54) is 12.1 Å². The van der Waals surface area contributed by atoms with Crippen molar-refractivity contribution in [1.29, 1.82) is 0 Å². The van der Waals surface area contributed by atoms with Gasteiger partial charge in [-0.1, -0.05) is 37.3 Å². The number of hydrogen-bond donors (Lipinski definition) is 0. The van der Waals surface area contributed by atoms with Crippen LogP contribution in [0.2, 0.25) is 19.1 Å². The van der Waals surface area contributed by atoms with Crippen molar-refractivity contribution in [2.45, 2.75) is 31.7 Å². The number of alkyl halides is 3. The van der Waals surface area contributed by atoms with Crippen LogP contribution in [0.1, 0.15) is 11.1 Å². The van der Waals surface area contributed by atoms with E-state index in [0.717, 1.165) is 24.1 Å². The highest BCUT2D eigenvalue weighted by Gasteiger charge is 2.30. The van der Waals surface area contributed by atoms with Gasteiger partial charge in [0.05, 0.1) is 5.56 Å². The first-order valence-electron chi connectivity index (χ1n) is 5.05. The Morgan fingerprint density at radius 1 is 1.20 bits per heavy atom. The minimum atomic E-state index is -4.22. The quantitative estimate of drug-likeness (QED) is 0.696. The fraction of sp³-hybridized carbons (Fsp3) is 0.455. The molecule has 0 atom stereocenters. The van der Waals surface area contributed by atoms with Crippen LogP contribution in [0.15, 0.2) is 24.3 Å². The minimum absolute atomic E-state index is 0.537. The van der Waals surface area contributed by atoms with Gasteiger partial charge in [-0.05, 0) is 18.1 Å². The van der Waals surface area contributed by atoms with Gasteiger partial charge in [-0.2, -0.15) is 13.2 Å². The van der Waals surface area contributed by atoms with E-state index in [9.17, 15) is 13.2 Å². The average molecular weight is 232 g/mol. The molecule has 0 aliphatic carbocycles. The molecule has 15 heavy (non-hydrogen) atoms. The topological polar surface area (TPSA) is 0 Å². The first-order valence-corrected chi connectivity index (χ1v) is 8.18. The van der Waals surface area contributed by atoms with Gasteiger partial charge in [0.2, 0.25) is 0 Å². The first-order chi connectivity index (χ1) is 6.89. The monoisotopic (exact) mass is 232 g/mol. The highest BCUT2D eigenvalue weighted by atomic mass is 28.3. The summed E-state index contributed by atoms with van der Waals surface area (Å²) in [5.74, 6) is 0. The molecule has 0 aromatic heterocycles. The van der Waals surface area contributed by atoms with Crippen LogP contribution in [0.25, 0.3) is 0 Å². The third-order valence-corrected chi connectivity index (χ3v) is 3.71. The summed E-state index contributed by atoms with van der Waals surface area (Å²) in [6.45, 7) is 4.40. The average Bonchev–Trinajstić information content (AvgIpc) is 2.14. The lowest BCUT2D eigenvalue weighted by Gasteiger charge is -2.09. The Hall–Kier alpha value is -0.773. The maximum atomic E-state index is 12.4. The molecule has 4 heteroatoms. The lowest BCUT2D eigenvalue weighted by Crippen LogP contribution is -2.06. The van der Waals surface area contributed by atoms with Crippen molar-refractivity contribution in [2.75, 3.05) is 0 Å². The maximum Gasteiger partial charge on any atom is 0.416 e.